The van der Waals surface area contributed by atoms with Gasteiger partial charge in [-0.2, -0.15) is 4.58 Å². The summed E-state index contributed by atoms with van der Waals surface area (Å²) in [7, 11) is 0. The van der Waals surface area contributed by atoms with Gasteiger partial charge in [-0.25, -0.2) is 4.98 Å². The van der Waals surface area contributed by atoms with Crippen molar-refractivity contribution >= 4 is 57.3 Å². The molecule has 10 rings (SSSR count). The number of para-hydroxylation sites is 2. The maximum Gasteiger partial charge on any atom is 0.249 e. The first-order valence-corrected chi connectivity index (χ1v) is 21.7. The van der Waals surface area contributed by atoms with Gasteiger partial charge in [0.1, 0.15) is 29.2 Å². The maximum atomic E-state index is 13.6. The van der Waals surface area contributed by atoms with Crippen LogP contribution in [0.15, 0.2) is 79.1 Å². The van der Waals surface area contributed by atoms with E-state index in [9.17, 15) is 24.6 Å². The van der Waals surface area contributed by atoms with Crippen LogP contribution in [0.3, 0.4) is 0 Å². The molecule has 0 saturated carbocycles. The monoisotopic (exact) mass is 839 g/mol. The van der Waals surface area contributed by atoms with Gasteiger partial charge >= 0.3 is 0 Å². The van der Waals surface area contributed by atoms with Crippen LogP contribution in [0.5, 0.6) is 11.5 Å². The lowest BCUT2D eigenvalue weighted by molar-refractivity contribution is -0.476. The van der Waals surface area contributed by atoms with Crippen molar-refractivity contribution in [3.63, 3.8) is 0 Å². The Bertz CT molecular complexity index is 2590. The van der Waals surface area contributed by atoms with Crippen molar-refractivity contribution in [1.29, 1.82) is 0 Å². The number of aromatic hydroxyl groups is 1. The Kier molecular flexibility index (Phi) is 10.2. The summed E-state index contributed by atoms with van der Waals surface area (Å²) in [5.74, 6) is 0.720. The summed E-state index contributed by atoms with van der Waals surface area (Å²) in [6.45, 7) is 3.75. The van der Waals surface area contributed by atoms with Gasteiger partial charge in [0.05, 0.1) is 60.1 Å². The molecule has 2 bridgehead atoms. The predicted molar refractivity (Wildman–Crippen MR) is 233 cm³/mol. The minimum absolute atomic E-state index is 0.0246. The SMILES string of the molecule is Nc1nnc(-c2ccccc2O)cc1N1CC2=[N+](c3cccc(OC4CCN(C(=O)CC5(O)CCN(c6cccc7c6ncn7C6CCC(=O)NC6=O)CC5)CC4)c3)[C@@H](CC2)C1. The number of benzene rings is 3. The van der Waals surface area contributed by atoms with E-state index in [0.29, 0.717) is 81.9 Å². The van der Waals surface area contributed by atoms with Gasteiger partial charge in [-0.3, -0.25) is 19.7 Å². The number of nitrogen functional groups attached to an aromatic ring is 1. The molecule has 16 nitrogen and oxygen atoms in total. The van der Waals surface area contributed by atoms with E-state index in [2.05, 4.69) is 47.0 Å². The van der Waals surface area contributed by atoms with Crippen molar-refractivity contribution in [2.45, 2.75) is 81.6 Å². The van der Waals surface area contributed by atoms with Crippen LogP contribution in [0.25, 0.3) is 22.3 Å². The van der Waals surface area contributed by atoms with Crippen LogP contribution in [0.4, 0.5) is 22.9 Å². The molecule has 62 heavy (non-hydrogen) atoms. The summed E-state index contributed by atoms with van der Waals surface area (Å²) < 4.78 is 10.8. The van der Waals surface area contributed by atoms with Crippen LogP contribution in [0, 0.1) is 0 Å². The Morgan fingerprint density at radius 2 is 1.71 bits per heavy atom. The fourth-order valence-electron chi connectivity index (χ4n) is 10.1. The molecule has 5 aliphatic heterocycles. The number of rotatable bonds is 9. The fourth-order valence-corrected chi connectivity index (χ4v) is 10.1. The van der Waals surface area contributed by atoms with Gasteiger partial charge in [0.2, 0.25) is 23.4 Å². The normalized spacial score (nSPS) is 21.7. The second kappa shape index (κ2) is 16.0. The molecule has 5 aromatic rings. The zero-order chi connectivity index (χ0) is 42.5. The Morgan fingerprint density at radius 1 is 0.903 bits per heavy atom. The number of nitrogens with zero attached hydrogens (tertiary/aromatic N) is 8. The summed E-state index contributed by atoms with van der Waals surface area (Å²) in [5, 5.41) is 33.0. The Labute approximate surface area is 358 Å². The number of imide groups is 1. The molecule has 3 amide bonds. The van der Waals surface area contributed by atoms with Gasteiger partial charge < -0.3 is 40.0 Å². The lowest BCUT2D eigenvalue weighted by Crippen LogP contribution is -2.49. The molecule has 16 heteroatoms. The Morgan fingerprint density at radius 3 is 2.50 bits per heavy atom. The van der Waals surface area contributed by atoms with E-state index < -0.39 is 11.6 Å². The highest BCUT2D eigenvalue weighted by atomic mass is 16.5. The molecule has 3 saturated heterocycles. The van der Waals surface area contributed by atoms with Crippen LogP contribution in [0.2, 0.25) is 0 Å². The zero-order valence-corrected chi connectivity index (χ0v) is 34.5. The number of fused-ring (bicyclic) bond motifs is 2. The predicted octanol–water partition coefficient (Wildman–Crippen LogP) is 4.32. The van der Waals surface area contributed by atoms with E-state index in [4.69, 9.17) is 10.5 Å². The number of nitrogens with one attached hydrogen (secondary N) is 1. The highest BCUT2D eigenvalue weighted by Gasteiger charge is 2.42. The number of hydrogen-bond donors (Lipinski definition) is 4. The van der Waals surface area contributed by atoms with Crippen molar-refractivity contribution in [1.82, 2.24) is 30.0 Å². The number of ether oxygens (including phenoxy) is 1. The average molecular weight is 840 g/mol. The minimum Gasteiger partial charge on any atom is -0.507 e. The van der Waals surface area contributed by atoms with Crippen LogP contribution in [0.1, 0.15) is 63.8 Å². The lowest BCUT2D eigenvalue weighted by atomic mass is 9.87. The highest BCUT2D eigenvalue weighted by Crippen LogP contribution is 2.38. The van der Waals surface area contributed by atoms with E-state index in [0.717, 1.165) is 53.2 Å². The van der Waals surface area contributed by atoms with Crippen LogP contribution in [-0.2, 0) is 14.4 Å². The maximum absolute atomic E-state index is 13.6. The number of carbonyl (C=O) groups is 3. The van der Waals surface area contributed by atoms with Crippen molar-refractivity contribution in [2.75, 3.05) is 54.8 Å². The van der Waals surface area contributed by atoms with Crippen molar-refractivity contribution in [3.8, 4) is 22.8 Å². The molecule has 320 valence electrons. The smallest absolute Gasteiger partial charge is 0.249 e. The molecule has 5 N–H and O–H groups in total. The first kappa shape index (κ1) is 39.6. The van der Waals surface area contributed by atoms with Crippen LogP contribution < -0.4 is 25.6 Å². The second-order valence-electron chi connectivity index (χ2n) is 17.4. The van der Waals surface area contributed by atoms with Crippen molar-refractivity contribution in [2.24, 2.45) is 0 Å². The van der Waals surface area contributed by atoms with Gasteiger partial charge in [-0.1, -0.05) is 24.3 Å². The molecule has 2 aromatic heterocycles. The summed E-state index contributed by atoms with van der Waals surface area (Å²) in [5.41, 5.74) is 12.2. The molecular formula is C46H51N10O6+. The summed E-state index contributed by atoms with van der Waals surface area (Å²) in [4.78, 5) is 48.9. The standard InChI is InChI=1S/C46H50N10O6/c47-44-39(24-35(50-51-44)34-7-1-2-10-40(34)57)54-26-30-11-12-31(27-54)56(30)29-5-3-6-33(23-29)62-32-15-19-53(20-16-32)42(59)25-46(61)17-21-52(22-18-46)36-8-4-9-37-43(36)48-28-55(37)38-13-14-41(58)49-45(38)60/h1-10,23-24,28,30,32,38,61H,11-22,25-27H2,(H3-,47,49,50,51,57,58,60)/p+1/t30-,38?/m0/s1. The quantitative estimate of drug-likeness (QED) is 0.122. The molecule has 0 spiro atoms. The third kappa shape index (κ3) is 7.56. The lowest BCUT2D eigenvalue weighted by Gasteiger charge is -2.40. The van der Waals surface area contributed by atoms with Crippen LogP contribution in [-0.4, -0.2) is 120 Å². The van der Waals surface area contributed by atoms with E-state index in [-0.39, 0.29) is 48.5 Å². The molecule has 2 atom stereocenters. The van der Waals surface area contributed by atoms with Crippen LogP contribution >= 0.6 is 0 Å². The van der Waals surface area contributed by atoms with Crippen molar-refractivity contribution < 1.29 is 33.9 Å². The number of nitrogens with two attached hydrogens (primary N) is 1. The number of imidazole rings is 1. The third-order valence-corrected chi connectivity index (χ3v) is 13.4. The number of amides is 3. The number of hydrogen-bond acceptors (Lipinski definition) is 12. The van der Waals surface area contributed by atoms with Gasteiger partial charge in [0.15, 0.2) is 17.6 Å². The summed E-state index contributed by atoms with van der Waals surface area (Å²) in [6.07, 6.45) is 6.76. The molecule has 3 aromatic carbocycles. The molecule has 0 radical (unpaired) electrons. The largest absolute Gasteiger partial charge is 0.507 e. The van der Waals surface area contributed by atoms with E-state index in [1.165, 1.54) is 5.71 Å². The minimum atomic E-state index is -1.10. The number of aromatic nitrogens is 4. The molecule has 0 aliphatic carbocycles. The van der Waals surface area contributed by atoms with Gasteiger partial charge in [-0.05, 0) is 55.7 Å². The number of aliphatic hydroxyl groups is 1. The Balaban J connectivity index is 0.730. The molecule has 3 fully saturated rings. The number of phenols is 1. The first-order valence-electron chi connectivity index (χ1n) is 21.7. The fraction of sp³-hybridized carbons (Fsp3) is 0.413. The first-order chi connectivity index (χ1) is 30.1. The molecule has 7 heterocycles. The van der Waals surface area contributed by atoms with E-state index >= 15 is 0 Å². The number of likely N-dealkylation sites (tertiary alicyclic amines) is 1. The second-order valence-corrected chi connectivity index (χ2v) is 17.4. The van der Waals surface area contributed by atoms with E-state index in [1.54, 1.807) is 18.5 Å². The number of anilines is 3. The Hall–Kier alpha value is -6.55. The van der Waals surface area contributed by atoms with Gasteiger partial charge in [0, 0.05) is 69.9 Å². The number of carbonyl (C=O) groups excluding carboxylic acids is 3. The molecule has 1 unspecified atom stereocenters. The molecule has 5 aliphatic rings. The average Bonchev–Trinajstić information content (AvgIpc) is 3.82. The zero-order valence-electron chi connectivity index (χ0n) is 34.5. The van der Waals surface area contributed by atoms with Crippen molar-refractivity contribution in [3.05, 3.63) is 79.1 Å². The van der Waals surface area contributed by atoms with E-state index in [1.807, 2.05) is 58.0 Å². The third-order valence-electron chi connectivity index (χ3n) is 13.4. The van der Waals surface area contributed by atoms with Gasteiger partial charge in [0.25, 0.3) is 0 Å². The number of piperidine rings is 3. The number of phenolic OH excluding ortho intramolecular Hbond substituents is 1. The topological polar surface area (TPSA) is 195 Å². The highest BCUT2D eigenvalue weighted by molar-refractivity contribution is 6.00. The molecular weight excluding hydrogens is 789 g/mol. The summed E-state index contributed by atoms with van der Waals surface area (Å²) >= 11 is 0. The van der Waals surface area contributed by atoms with Gasteiger partial charge in [-0.15, -0.1) is 10.2 Å². The summed E-state index contributed by atoms with van der Waals surface area (Å²) in [6, 6.07) is 22.9.